The van der Waals surface area contributed by atoms with Crippen molar-refractivity contribution in [3.63, 3.8) is 0 Å². The first kappa shape index (κ1) is 12.3. The summed E-state index contributed by atoms with van der Waals surface area (Å²) in [6.07, 6.45) is 1.92. The molecular weight excluding hydrogens is 232 g/mol. The van der Waals surface area contributed by atoms with Crippen molar-refractivity contribution in [2.24, 2.45) is 0 Å². The predicted molar refractivity (Wildman–Crippen MR) is 66.0 cm³/mol. The summed E-state index contributed by atoms with van der Waals surface area (Å²) in [4.78, 5) is 11.9. The molecule has 0 radical (unpaired) electrons. The quantitative estimate of drug-likeness (QED) is 0.783. The van der Waals surface area contributed by atoms with E-state index in [1.54, 1.807) is 0 Å². The smallest absolute Gasteiger partial charge is 0.256 e. The first-order chi connectivity index (χ1) is 8.83. The Morgan fingerprint density at radius 3 is 2.83 bits per heavy atom. The Morgan fingerprint density at radius 2 is 2.11 bits per heavy atom. The summed E-state index contributed by atoms with van der Waals surface area (Å²) in [6, 6.07) is 9.33. The molecule has 2 aromatic rings. The predicted octanol–water partition coefficient (Wildman–Crippen LogP) is 1.45. The molecule has 1 aromatic carbocycles. The lowest BCUT2D eigenvalue weighted by Crippen LogP contribution is -2.25. The van der Waals surface area contributed by atoms with Crippen LogP contribution in [0, 0.1) is 0 Å². The van der Waals surface area contributed by atoms with Crippen LogP contribution in [0.2, 0.25) is 0 Å². The molecule has 0 aliphatic heterocycles. The van der Waals surface area contributed by atoms with Gasteiger partial charge in [0.25, 0.3) is 5.91 Å². The van der Waals surface area contributed by atoms with Crippen molar-refractivity contribution in [1.82, 2.24) is 10.5 Å². The van der Waals surface area contributed by atoms with Crippen LogP contribution in [-0.2, 0) is 0 Å². The van der Waals surface area contributed by atoms with E-state index in [1.165, 1.54) is 6.20 Å². The summed E-state index contributed by atoms with van der Waals surface area (Å²) in [5, 5.41) is 15.0. The molecule has 18 heavy (non-hydrogen) atoms. The van der Waals surface area contributed by atoms with Crippen molar-refractivity contribution in [2.45, 2.75) is 6.42 Å². The minimum Gasteiger partial charge on any atom is -0.396 e. The number of hydrogen-bond donors (Lipinski definition) is 2. The van der Waals surface area contributed by atoms with Crippen molar-refractivity contribution in [3.05, 3.63) is 42.1 Å². The van der Waals surface area contributed by atoms with Crippen LogP contribution in [0.3, 0.4) is 0 Å². The van der Waals surface area contributed by atoms with Gasteiger partial charge in [0.15, 0.2) is 5.76 Å². The van der Waals surface area contributed by atoms with E-state index in [0.29, 0.717) is 24.3 Å². The second-order valence-corrected chi connectivity index (χ2v) is 3.77. The van der Waals surface area contributed by atoms with Crippen molar-refractivity contribution >= 4 is 5.91 Å². The highest BCUT2D eigenvalue weighted by molar-refractivity contribution is 5.99. The van der Waals surface area contributed by atoms with Gasteiger partial charge in [-0.25, -0.2) is 0 Å². The maximum Gasteiger partial charge on any atom is 0.256 e. The van der Waals surface area contributed by atoms with E-state index in [9.17, 15) is 4.79 Å². The van der Waals surface area contributed by atoms with Gasteiger partial charge >= 0.3 is 0 Å². The van der Waals surface area contributed by atoms with Gasteiger partial charge in [-0.05, 0) is 6.42 Å². The number of aliphatic hydroxyl groups excluding tert-OH is 1. The Hall–Kier alpha value is -2.14. The number of rotatable bonds is 5. The maximum atomic E-state index is 11.9. The van der Waals surface area contributed by atoms with Crippen LogP contribution >= 0.6 is 0 Å². The summed E-state index contributed by atoms with van der Waals surface area (Å²) >= 11 is 0. The Balaban J connectivity index is 2.15. The molecule has 1 amide bonds. The van der Waals surface area contributed by atoms with E-state index in [-0.39, 0.29) is 12.5 Å². The van der Waals surface area contributed by atoms with E-state index in [4.69, 9.17) is 9.63 Å². The number of aliphatic hydroxyl groups is 1. The number of amides is 1. The van der Waals surface area contributed by atoms with Crippen LogP contribution in [0.5, 0.6) is 0 Å². The summed E-state index contributed by atoms with van der Waals surface area (Å²) in [6.45, 7) is 0.476. The first-order valence-corrected chi connectivity index (χ1v) is 5.72. The molecule has 5 heteroatoms. The summed E-state index contributed by atoms with van der Waals surface area (Å²) in [7, 11) is 0. The van der Waals surface area contributed by atoms with E-state index in [1.807, 2.05) is 30.3 Å². The van der Waals surface area contributed by atoms with Gasteiger partial charge < -0.3 is 14.9 Å². The lowest BCUT2D eigenvalue weighted by atomic mass is 10.1. The van der Waals surface area contributed by atoms with Gasteiger partial charge in [0, 0.05) is 18.7 Å². The third-order valence-corrected chi connectivity index (χ3v) is 2.47. The number of carbonyl (C=O) groups is 1. The lowest BCUT2D eigenvalue weighted by molar-refractivity contribution is 0.0951. The fraction of sp³-hybridized carbons (Fsp3) is 0.231. The van der Waals surface area contributed by atoms with Gasteiger partial charge in [0.1, 0.15) is 5.56 Å². The molecule has 2 N–H and O–H groups in total. The fourth-order valence-electron chi connectivity index (χ4n) is 1.58. The number of aromatic nitrogens is 1. The summed E-state index contributed by atoms with van der Waals surface area (Å²) in [5.41, 5.74) is 1.21. The van der Waals surface area contributed by atoms with Crippen molar-refractivity contribution in [2.75, 3.05) is 13.2 Å². The number of benzene rings is 1. The van der Waals surface area contributed by atoms with Crippen molar-refractivity contribution < 1.29 is 14.4 Å². The summed E-state index contributed by atoms with van der Waals surface area (Å²) < 4.78 is 5.12. The monoisotopic (exact) mass is 246 g/mol. The van der Waals surface area contributed by atoms with Crippen LogP contribution in [-0.4, -0.2) is 29.3 Å². The molecule has 1 heterocycles. The number of hydrogen-bond acceptors (Lipinski definition) is 4. The van der Waals surface area contributed by atoms with Crippen LogP contribution in [0.15, 0.2) is 41.1 Å². The fourth-order valence-corrected chi connectivity index (χ4v) is 1.58. The van der Waals surface area contributed by atoms with Gasteiger partial charge in [-0.3, -0.25) is 4.79 Å². The maximum absolute atomic E-state index is 11.9. The van der Waals surface area contributed by atoms with Crippen LogP contribution in [0.4, 0.5) is 0 Å². The molecule has 0 saturated carbocycles. The Morgan fingerprint density at radius 1 is 1.33 bits per heavy atom. The Bertz CT molecular complexity index is 508. The standard InChI is InChI=1S/C13H14N2O3/c16-8-4-7-14-13(17)11-9-15-18-12(11)10-5-2-1-3-6-10/h1-3,5-6,9,16H,4,7-8H2,(H,14,17). The Labute approximate surface area is 104 Å². The third kappa shape index (κ3) is 2.75. The third-order valence-electron chi connectivity index (χ3n) is 2.47. The lowest BCUT2D eigenvalue weighted by Gasteiger charge is -2.03. The molecule has 0 atom stereocenters. The minimum absolute atomic E-state index is 0.0511. The first-order valence-electron chi connectivity index (χ1n) is 5.72. The Kier molecular flexibility index (Phi) is 4.09. The molecule has 0 saturated heterocycles. The zero-order chi connectivity index (χ0) is 12.8. The van der Waals surface area contributed by atoms with Gasteiger partial charge in [0.2, 0.25) is 0 Å². The van der Waals surface area contributed by atoms with E-state index < -0.39 is 0 Å². The second-order valence-electron chi connectivity index (χ2n) is 3.77. The van der Waals surface area contributed by atoms with E-state index in [2.05, 4.69) is 10.5 Å². The molecule has 94 valence electrons. The SMILES string of the molecule is O=C(NCCCO)c1cnoc1-c1ccccc1. The normalized spacial score (nSPS) is 10.3. The van der Waals surface area contributed by atoms with Gasteiger partial charge in [-0.15, -0.1) is 0 Å². The molecule has 5 nitrogen and oxygen atoms in total. The number of nitrogens with zero attached hydrogens (tertiary/aromatic N) is 1. The molecule has 0 bridgehead atoms. The van der Waals surface area contributed by atoms with Gasteiger partial charge in [0.05, 0.1) is 6.20 Å². The molecule has 0 spiro atoms. The molecule has 0 fully saturated rings. The van der Waals surface area contributed by atoms with Crippen LogP contribution in [0.1, 0.15) is 16.8 Å². The molecule has 0 aliphatic rings. The van der Waals surface area contributed by atoms with E-state index in [0.717, 1.165) is 5.56 Å². The number of carbonyl (C=O) groups excluding carboxylic acids is 1. The van der Waals surface area contributed by atoms with Gasteiger partial charge in [-0.2, -0.15) is 0 Å². The van der Waals surface area contributed by atoms with Crippen molar-refractivity contribution in [3.8, 4) is 11.3 Å². The van der Waals surface area contributed by atoms with Crippen LogP contribution in [0.25, 0.3) is 11.3 Å². The highest BCUT2D eigenvalue weighted by Gasteiger charge is 2.16. The minimum atomic E-state index is -0.247. The highest BCUT2D eigenvalue weighted by Crippen LogP contribution is 2.22. The topological polar surface area (TPSA) is 75.4 Å². The van der Waals surface area contributed by atoms with Crippen LogP contribution < -0.4 is 5.32 Å². The van der Waals surface area contributed by atoms with Gasteiger partial charge in [-0.1, -0.05) is 35.5 Å². The largest absolute Gasteiger partial charge is 0.396 e. The molecule has 0 unspecified atom stereocenters. The van der Waals surface area contributed by atoms with E-state index >= 15 is 0 Å². The molecule has 0 aliphatic carbocycles. The molecule has 1 aromatic heterocycles. The average Bonchev–Trinajstić information content (AvgIpc) is 2.89. The molecule has 2 rings (SSSR count). The highest BCUT2D eigenvalue weighted by atomic mass is 16.5. The summed E-state index contributed by atoms with van der Waals surface area (Å²) in [5.74, 6) is 0.209. The zero-order valence-electron chi connectivity index (χ0n) is 9.80. The second kappa shape index (κ2) is 5.97. The molecular formula is C13H14N2O3. The number of nitrogens with one attached hydrogen (secondary N) is 1. The zero-order valence-corrected chi connectivity index (χ0v) is 9.80. The average molecular weight is 246 g/mol. The van der Waals surface area contributed by atoms with Crippen molar-refractivity contribution in [1.29, 1.82) is 0 Å².